The number of benzene rings is 4. The topological polar surface area (TPSA) is 270 Å². The molecular formula is C45H34N4O12S4. The highest BCUT2D eigenvalue weighted by Crippen LogP contribution is 2.30. The maximum absolute atomic E-state index is 12.1. The van der Waals surface area contributed by atoms with Crippen molar-refractivity contribution in [2.45, 2.75) is 19.6 Å². The fraction of sp³-hybridized carbons (Fsp3) is 0.0222. The van der Waals surface area contributed by atoms with Gasteiger partial charge >= 0.3 is 0 Å². The summed E-state index contributed by atoms with van der Waals surface area (Å²) in [4.78, 5) is 9.22. The quantitative estimate of drug-likeness (QED) is 0.108. The number of fused-ring (bicyclic) bond motifs is 8. The van der Waals surface area contributed by atoms with E-state index in [9.17, 15) is 51.9 Å². The zero-order chi connectivity index (χ0) is 46.2. The average molecular weight is 951 g/mol. The smallest absolute Gasteiger partial charge is 0.294 e. The van der Waals surface area contributed by atoms with Crippen LogP contribution in [0.25, 0.3) is 22.3 Å². The third-order valence-corrected chi connectivity index (χ3v) is 14.5. The fourth-order valence-electron chi connectivity index (χ4n) is 8.04. The summed E-state index contributed by atoms with van der Waals surface area (Å²) in [6.07, 6.45) is 0. The summed E-state index contributed by atoms with van der Waals surface area (Å²) in [6, 6.07) is 37.1. The van der Waals surface area contributed by atoms with E-state index in [1.54, 1.807) is 48.5 Å². The Morgan fingerprint density at radius 3 is 0.831 bits per heavy atom. The van der Waals surface area contributed by atoms with Gasteiger partial charge in [-0.3, -0.25) is 18.2 Å². The van der Waals surface area contributed by atoms with Crippen molar-refractivity contribution >= 4 is 62.8 Å². The van der Waals surface area contributed by atoms with Crippen molar-refractivity contribution in [2.24, 2.45) is 7.05 Å². The van der Waals surface area contributed by atoms with E-state index < -0.39 is 40.5 Å². The summed E-state index contributed by atoms with van der Waals surface area (Å²) in [5, 5.41) is 2.30. The van der Waals surface area contributed by atoms with Gasteiger partial charge in [0.05, 0.1) is 30.3 Å². The molecule has 20 heteroatoms. The van der Waals surface area contributed by atoms with Gasteiger partial charge in [-0.15, -0.1) is 0 Å². The summed E-state index contributed by atoms with van der Waals surface area (Å²) in [5.41, 5.74) is 6.60. The Hall–Kier alpha value is -6.88. The first-order valence-electron chi connectivity index (χ1n) is 19.2. The average Bonchev–Trinajstić information content (AvgIpc) is 4.09. The summed E-state index contributed by atoms with van der Waals surface area (Å²) in [7, 11) is -16.3. The van der Waals surface area contributed by atoms with E-state index in [1.807, 2.05) is 35.9 Å². The highest BCUT2D eigenvalue weighted by molar-refractivity contribution is 7.86. The molecule has 9 rings (SSSR count). The van der Waals surface area contributed by atoms with Crippen LogP contribution in [0.4, 0.5) is 0 Å². The Morgan fingerprint density at radius 2 is 0.569 bits per heavy atom. The van der Waals surface area contributed by atoms with Crippen LogP contribution in [0.3, 0.4) is 0 Å². The lowest BCUT2D eigenvalue weighted by Crippen LogP contribution is -2.28. The molecule has 0 saturated carbocycles. The first-order valence-corrected chi connectivity index (χ1v) is 25.0. The molecule has 0 amide bonds. The minimum atomic E-state index is -4.54. The van der Waals surface area contributed by atoms with Gasteiger partial charge in [-0.1, -0.05) is 48.5 Å². The number of rotatable bonds is 8. The summed E-state index contributed by atoms with van der Waals surface area (Å²) < 4.78 is 138. The highest BCUT2D eigenvalue weighted by atomic mass is 32.2. The minimum Gasteiger partial charge on any atom is -0.354 e. The van der Waals surface area contributed by atoms with E-state index in [2.05, 4.69) is 15.0 Å². The predicted octanol–water partition coefficient (Wildman–Crippen LogP) is 3.30. The molecule has 4 aromatic carbocycles. The third kappa shape index (κ3) is 8.24. The van der Waals surface area contributed by atoms with Crippen LogP contribution in [0, 0.1) is 0 Å². The van der Waals surface area contributed by atoms with Crippen LogP contribution in [0.15, 0.2) is 165 Å². The molecule has 8 aromatic rings. The molecule has 4 aromatic heterocycles. The monoisotopic (exact) mass is 950 g/mol. The Kier molecular flexibility index (Phi) is 10.5. The lowest BCUT2D eigenvalue weighted by molar-refractivity contribution is 0.481. The van der Waals surface area contributed by atoms with E-state index in [4.69, 9.17) is 0 Å². The van der Waals surface area contributed by atoms with Gasteiger partial charge in [-0.2, -0.15) is 33.7 Å². The van der Waals surface area contributed by atoms with Crippen LogP contribution in [-0.4, -0.2) is 71.4 Å². The van der Waals surface area contributed by atoms with Crippen molar-refractivity contribution in [1.29, 1.82) is 0 Å². The van der Waals surface area contributed by atoms with Gasteiger partial charge in [0, 0.05) is 62.8 Å². The van der Waals surface area contributed by atoms with Gasteiger partial charge in [0.1, 0.15) is 0 Å². The first kappa shape index (κ1) is 43.4. The molecule has 0 unspecified atom stereocenters. The van der Waals surface area contributed by atoms with E-state index in [0.717, 1.165) is 0 Å². The van der Waals surface area contributed by atoms with Crippen molar-refractivity contribution in [3.05, 3.63) is 212 Å². The molecule has 0 saturated heterocycles. The van der Waals surface area contributed by atoms with Crippen LogP contribution in [0.5, 0.6) is 0 Å². The normalized spacial score (nSPS) is 13.7. The number of aromatic nitrogens is 4. The zero-order valence-corrected chi connectivity index (χ0v) is 36.8. The molecular weight excluding hydrogens is 917 g/mol. The molecule has 0 aliphatic carbocycles. The fourth-order valence-corrected chi connectivity index (χ4v) is 9.96. The van der Waals surface area contributed by atoms with Crippen molar-refractivity contribution in [1.82, 2.24) is 19.5 Å². The van der Waals surface area contributed by atoms with Crippen LogP contribution in [0.1, 0.15) is 45.0 Å². The molecule has 0 fully saturated rings. The van der Waals surface area contributed by atoms with Crippen molar-refractivity contribution in [2.75, 3.05) is 0 Å². The maximum atomic E-state index is 12.1. The van der Waals surface area contributed by atoms with E-state index in [0.29, 0.717) is 88.7 Å². The van der Waals surface area contributed by atoms with Crippen LogP contribution in [0.2, 0.25) is 0 Å². The highest BCUT2D eigenvalue weighted by Gasteiger charge is 2.22. The Morgan fingerprint density at radius 1 is 0.323 bits per heavy atom. The largest absolute Gasteiger partial charge is 0.354 e. The Bertz CT molecular complexity index is 3700. The van der Waals surface area contributed by atoms with Gasteiger partial charge in [0.25, 0.3) is 40.5 Å². The second-order valence-electron chi connectivity index (χ2n) is 15.0. The molecule has 65 heavy (non-hydrogen) atoms. The van der Waals surface area contributed by atoms with Crippen molar-refractivity contribution in [3.8, 4) is 0 Å². The standard InChI is InChI=1S/C45H34N4O12S4/c1-49-40-24-25-41(49)45(29-8-16-33(17-9-29)65(59,60)61)39-23-21-37(48-39)43(27-4-12-31(13-5-27)63(53,54)55)35-19-18-34(46-35)42(26-2-10-30(11-3-26)62(50,51)52)36-20-22-38(47-36)44(40)28-6-14-32(15-7-28)64(56,57)58/h2-25,46-48H,1H3,(H,50,51,52)(H,53,54,55)(H,56,57,58)(H,59,60,61). The number of H-pyrrole nitrogens is 3. The van der Waals surface area contributed by atoms with Crippen LogP contribution in [-0.2, 0) is 47.5 Å². The lowest BCUT2D eigenvalue weighted by atomic mass is 10.0. The van der Waals surface area contributed by atoms with Gasteiger partial charge in [0.15, 0.2) is 0 Å². The minimum absolute atomic E-state index is 0.321. The molecule has 1 aliphatic heterocycles. The van der Waals surface area contributed by atoms with E-state index >= 15 is 0 Å². The Balaban J connectivity index is 1.42. The van der Waals surface area contributed by atoms with E-state index in [-0.39, 0.29) is 19.6 Å². The van der Waals surface area contributed by atoms with Crippen LogP contribution < -0.4 is 21.4 Å². The lowest BCUT2D eigenvalue weighted by Gasteiger charge is -2.12. The molecule has 0 atom stereocenters. The molecule has 0 radical (unpaired) electrons. The van der Waals surface area contributed by atoms with Gasteiger partial charge in [-0.05, 0) is 119 Å². The first-order chi connectivity index (χ1) is 30.6. The van der Waals surface area contributed by atoms with E-state index in [1.165, 1.54) is 72.8 Å². The molecule has 16 nitrogen and oxygen atoms in total. The number of hydrogen-bond acceptors (Lipinski definition) is 8. The summed E-state index contributed by atoms with van der Waals surface area (Å²) in [6.45, 7) is 0. The predicted molar refractivity (Wildman–Crippen MR) is 238 cm³/mol. The van der Waals surface area contributed by atoms with Gasteiger partial charge < -0.3 is 19.5 Å². The SMILES string of the molecule is Cn1c2ccc1=C(c1ccc(S(=O)(=O)O)cc1)c1ccc([nH]1)C(c1ccc(S(=O)(=O)O)cc1)=c1ccc([nH]1)=C(c1ccc(S(=O)(=O)O)cc1)c1ccc([nH]1)C=2c1ccc(S(=O)(=O)O)cc1. The number of aromatic amines is 3. The van der Waals surface area contributed by atoms with Gasteiger partial charge in [0.2, 0.25) is 0 Å². The molecule has 7 N–H and O–H groups in total. The molecule has 0 spiro atoms. The second-order valence-corrected chi connectivity index (χ2v) is 20.7. The summed E-state index contributed by atoms with van der Waals surface area (Å²) >= 11 is 0. The van der Waals surface area contributed by atoms with Gasteiger partial charge in [-0.25, -0.2) is 0 Å². The zero-order valence-electron chi connectivity index (χ0n) is 33.5. The van der Waals surface area contributed by atoms with Crippen molar-refractivity contribution < 1.29 is 51.9 Å². The second kappa shape index (κ2) is 15.7. The third-order valence-electron chi connectivity index (χ3n) is 11.1. The maximum Gasteiger partial charge on any atom is 0.294 e. The number of nitrogens with zero attached hydrogens (tertiary/aromatic N) is 1. The Labute approximate surface area is 370 Å². The molecule has 1 aliphatic rings. The summed E-state index contributed by atoms with van der Waals surface area (Å²) in [5.74, 6) is 0. The van der Waals surface area contributed by atoms with Crippen LogP contribution >= 0.6 is 0 Å². The number of hydrogen-bond donors (Lipinski definition) is 7. The van der Waals surface area contributed by atoms with Crippen molar-refractivity contribution in [3.63, 3.8) is 0 Å². The number of nitrogens with one attached hydrogen (secondary N) is 3. The molecule has 5 heterocycles. The molecule has 330 valence electrons. The molecule has 8 bridgehead atoms.